The van der Waals surface area contributed by atoms with Crippen LogP contribution < -0.4 is 0 Å². The fourth-order valence-corrected chi connectivity index (χ4v) is 6.47. The Kier molecular flexibility index (Phi) is 6.13. The van der Waals surface area contributed by atoms with Crippen LogP contribution in [0.25, 0.3) is 10.9 Å². The molecule has 7 nitrogen and oxygen atoms in total. The number of sulfone groups is 1. The molecule has 1 aromatic carbocycles. The van der Waals surface area contributed by atoms with E-state index in [0.717, 1.165) is 48.6 Å². The van der Waals surface area contributed by atoms with Gasteiger partial charge in [-0.2, -0.15) is 0 Å². The zero-order valence-electron chi connectivity index (χ0n) is 17.0. The minimum atomic E-state index is -3.10. The molecule has 1 aliphatic carbocycles. The maximum Gasteiger partial charge on any atom is 0.310 e. The molecule has 0 radical (unpaired) electrons. The molecule has 1 aromatic heterocycles. The normalized spacial score (nSPS) is 21.5. The summed E-state index contributed by atoms with van der Waals surface area (Å²) in [6, 6.07) is 7.43. The van der Waals surface area contributed by atoms with Gasteiger partial charge in [0.1, 0.15) is 0 Å². The summed E-state index contributed by atoms with van der Waals surface area (Å²) in [5.41, 5.74) is 1.77. The first kappa shape index (κ1) is 20.9. The molecule has 8 heteroatoms. The Hall–Kier alpha value is -2.35. The maximum absolute atomic E-state index is 13.0. The van der Waals surface area contributed by atoms with Crippen molar-refractivity contribution in [1.82, 2.24) is 9.88 Å². The second kappa shape index (κ2) is 8.79. The summed E-state index contributed by atoms with van der Waals surface area (Å²) in [6.07, 6.45) is 7.30. The second-order valence-electron chi connectivity index (χ2n) is 8.35. The molecular formula is C22H28N2O5S. The number of H-pyrrole nitrogens is 1. The molecule has 30 heavy (non-hydrogen) atoms. The molecule has 1 atom stereocenters. The molecule has 4 rings (SSSR count). The van der Waals surface area contributed by atoms with Crippen molar-refractivity contribution in [1.29, 1.82) is 0 Å². The van der Waals surface area contributed by atoms with Crippen LogP contribution in [-0.2, 0) is 30.6 Å². The maximum atomic E-state index is 13.0. The third-order valence-corrected chi connectivity index (χ3v) is 7.97. The van der Waals surface area contributed by atoms with E-state index in [0.29, 0.717) is 6.42 Å². The number of ether oxygens (including phenoxy) is 1. The first-order chi connectivity index (χ1) is 14.4. The van der Waals surface area contributed by atoms with Crippen molar-refractivity contribution >= 4 is 32.6 Å². The SMILES string of the molecule is O=C(Cc1c[nH]c2ccccc12)OCC(=O)N(C1CCCCC1)C1CCS(=O)(=O)C1. The molecular weight excluding hydrogens is 404 g/mol. The summed E-state index contributed by atoms with van der Waals surface area (Å²) < 4.78 is 29.3. The predicted octanol–water partition coefficient (Wildman–Crippen LogP) is 2.60. The van der Waals surface area contributed by atoms with Crippen molar-refractivity contribution in [3.63, 3.8) is 0 Å². The molecule has 2 heterocycles. The molecule has 162 valence electrons. The number of aromatic nitrogens is 1. The number of nitrogens with one attached hydrogen (secondary N) is 1. The molecule has 2 aliphatic rings. The van der Waals surface area contributed by atoms with Gasteiger partial charge in [0.15, 0.2) is 16.4 Å². The van der Waals surface area contributed by atoms with Gasteiger partial charge >= 0.3 is 5.97 Å². The number of hydrogen-bond donors (Lipinski definition) is 1. The lowest BCUT2D eigenvalue weighted by molar-refractivity contribution is -0.154. The number of fused-ring (bicyclic) bond motifs is 1. The largest absolute Gasteiger partial charge is 0.455 e. The number of benzene rings is 1. The average molecular weight is 433 g/mol. The summed E-state index contributed by atoms with van der Waals surface area (Å²) in [4.78, 5) is 30.2. The van der Waals surface area contributed by atoms with Gasteiger partial charge in [-0.3, -0.25) is 9.59 Å². The number of nitrogens with zero attached hydrogens (tertiary/aromatic N) is 1. The second-order valence-corrected chi connectivity index (χ2v) is 10.6. The Balaban J connectivity index is 1.40. The Labute approximate surface area is 176 Å². The number of carbonyl (C=O) groups is 2. The molecule has 1 N–H and O–H groups in total. The van der Waals surface area contributed by atoms with E-state index in [-0.39, 0.29) is 42.5 Å². The lowest BCUT2D eigenvalue weighted by atomic mass is 9.93. The van der Waals surface area contributed by atoms with E-state index in [9.17, 15) is 18.0 Å². The minimum Gasteiger partial charge on any atom is -0.455 e. The summed E-state index contributed by atoms with van der Waals surface area (Å²) in [7, 11) is -3.10. The first-order valence-electron chi connectivity index (χ1n) is 10.7. The van der Waals surface area contributed by atoms with Crippen LogP contribution in [0.1, 0.15) is 44.1 Å². The quantitative estimate of drug-likeness (QED) is 0.708. The van der Waals surface area contributed by atoms with E-state index in [2.05, 4.69) is 4.98 Å². The summed E-state index contributed by atoms with van der Waals surface area (Å²) in [5.74, 6) is -0.612. The van der Waals surface area contributed by atoms with E-state index >= 15 is 0 Å². The molecule has 1 aliphatic heterocycles. The van der Waals surface area contributed by atoms with Crippen LogP contribution in [0.3, 0.4) is 0 Å². The monoisotopic (exact) mass is 432 g/mol. The van der Waals surface area contributed by atoms with E-state index in [1.54, 1.807) is 11.1 Å². The number of rotatable bonds is 6. The zero-order valence-corrected chi connectivity index (χ0v) is 17.8. The van der Waals surface area contributed by atoms with Crippen molar-refractivity contribution in [2.24, 2.45) is 0 Å². The van der Waals surface area contributed by atoms with Crippen molar-refractivity contribution in [3.8, 4) is 0 Å². The van der Waals surface area contributed by atoms with Gasteiger partial charge in [-0.1, -0.05) is 37.5 Å². The smallest absolute Gasteiger partial charge is 0.310 e. The van der Waals surface area contributed by atoms with Crippen LogP contribution in [0.2, 0.25) is 0 Å². The fourth-order valence-electron chi connectivity index (χ4n) is 4.76. The van der Waals surface area contributed by atoms with Crippen molar-refractivity contribution in [2.75, 3.05) is 18.1 Å². The van der Waals surface area contributed by atoms with Gasteiger partial charge < -0.3 is 14.6 Å². The van der Waals surface area contributed by atoms with Gasteiger partial charge in [-0.05, 0) is 30.9 Å². The van der Waals surface area contributed by atoms with Crippen LogP contribution in [-0.4, -0.2) is 60.4 Å². The number of para-hydroxylation sites is 1. The molecule has 2 fully saturated rings. The van der Waals surface area contributed by atoms with Crippen molar-refractivity contribution in [2.45, 2.75) is 57.0 Å². The number of hydrogen-bond acceptors (Lipinski definition) is 5. The molecule has 2 aromatic rings. The molecule has 0 spiro atoms. The van der Waals surface area contributed by atoms with Gasteiger partial charge in [0.2, 0.25) is 0 Å². The Morgan fingerprint density at radius 1 is 1.07 bits per heavy atom. The summed E-state index contributed by atoms with van der Waals surface area (Å²) in [6.45, 7) is -0.339. The average Bonchev–Trinajstić information content (AvgIpc) is 3.30. The van der Waals surface area contributed by atoms with E-state index in [1.807, 2.05) is 24.3 Å². The van der Waals surface area contributed by atoms with E-state index in [1.165, 1.54) is 0 Å². The van der Waals surface area contributed by atoms with Crippen LogP contribution in [0.15, 0.2) is 30.5 Å². The van der Waals surface area contributed by atoms with Crippen molar-refractivity contribution < 1.29 is 22.7 Å². The lowest BCUT2D eigenvalue weighted by Crippen LogP contribution is -2.50. The number of esters is 1. The molecule has 1 saturated carbocycles. The molecule has 1 saturated heterocycles. The van der Waals surface area contributed by atoms with Gasteiger partial charge in [0.05, 0.1) is 17.9 Å². The van der Waals surface area contributed by atoms with Gasteiger partial charge in [0, 0.05) is 29.2 Å². The van der Waals surface area contributed by atoms with Gasteiger partial charge in [0.25, 0.3) is 5.91 Å². The highest BCUT2D eigenvalue weighted by molar-refractivity contribution is 7.91. The number of aromatic amines is 1. The minimum absolute atomic E-state index is 0.0124. The van der Waals surface area contributed by atoms with Crippen LogP contribution in [0.5, 0.6) is 0 Å². The first-order valence-corrected chi connectivity index (χ1v) is 12.5. The molecule has 0 bridgehead atoms. The topological polar surface area (TPSA) is 96.5 Å². The highest BCUT2D eigenvalue weighted by atomic mass is 32.2. The van der Waals surface area contributed by atoms with Crippen LogP contribution in [0.4, 0.5) is 0 Å². The highest BCUT2D eigenvalue weighted by Crippen LogP contribution is 2.28. The zero-order chi connectivity index (χ0) is 21.1. The lowest BCUT2D eigenvalue weighted by Gasteiger charge is -2.38. The third kappa shape index (κ3) is 4.69. The van der Waals surface area contributed by atoms with Gasteiger partial charge in [-0.25, -0.2) is 8.42 Å². The predicted molar refractivity (Wildman–Crippen MR) is 114 cm³/mol. The molecule has 1 unspecified atom stereocenters. The summed E-state index contributed by atoms with van der Waals surface area (Å²) >= 11 is 0. The number of carbonyl (C=O) groups excluding carboxylic acids is 2. The Morgan fingerprint density at radius 2 is 1.83 bits per heavy atom. The molecule has 1 amide bonds. The Bertz CT molecular complexity index is 1020. The van der Waals surface area contributed by atoms with Crippen LogP contribution >= 0.6 is 0 Å². The van der Waals surface area contributed by atoms with Crippen LogP contribution in [0, 0.1) is 0 Å². The number of amides is 1. The Morgan fingerprint density at radius 3 is 2.57 bits per heavy atom. The standard InChI is InChI=1S/C22H28N2O5S/c25-21(14-29-22(26)12-16-13-23-20-9-5-4-8-19(16)20)24(17-6-2-1-3-7-17)18-10-11-30(27,28)15-18/h4-5,8-9,13,17-18,23H,1-3,6-7,10-12,14-15H2. The third-order valence-electron chi connectivity index (χ3n) is 6.22. The van der Waals surface area contributed by atoms with E-state index in [4.69, 9.17) is 4.74 Å². The van der Waals surface area contributed by atoms with Crippen molar-refractivity contribution in [3.05, 3.63) is 36.0 Å². The fraction of sp³-hybridized carbons (Fsp3) is 0.545. The highest BCUT2D eigenvalue weighted by Gasteiger charge is 2.38. The summed E-state index contributed by atoms with van der Waals surface area (Å²) in [5, 5.41) is 0.959. The van der Waals surface area contributed by atoms with E-state index < -0.39 is 15.8 Å². The van der Waals surface area contributed by atoms with Gasteiger partial charge in [-0.15, -0.1) is 0 Å².